The number of benzene rings is 2. The monoisotopic (exact) mass is 484 g/mol. The molecule has 0 heterocycles. The molecule has 0 saturated carbocycles. The molecule has 0 fully saturated rings. The molecule has 2 aromatic carbocycles. The third-order valence-corrected chi connectivity index (χ3v) is 5.75. The van der Waals surface area contributed by atoms with E-state index in [1.54, 1.807) is 24.6 Å². The smallest absolute Gasteiger partial charge is 0.124 e. The molecule has 4 heteroatoms. The first kappa shape index (κ1) is 28.7. The predicted octanol–water partition coefficient (Wildman–Crippen LogP) is 7.32. The zero-order valence-corrected chi connectivity index (χ0v) is 21.5. The van der Waals surface area contributed by atoms with E-state index in [1.807, 2.05) is 36.4 Å². The van der Waals surface area contributed by atoms with E-state index >= 15 is 0 Å². The van der Waals surface area contributed by atoms with Gasteiger partial charge in [-0.15, -0.1) is 0 Å². The highest BCUT2D eigenvalue weighted by Gasteiger charge is 1.95. The van der Waals surface area contributed by atoms with Gasteiger partial charge in [-0.25, -0.2) is 0 Å². The summed E-state index contributed by atoms with van der Waals surface area (Å²) >= 11 is 0. The molecular formula is C32H40N2O2. The maximum absolute atomic E-state index is 9.69. The zero-order chi connectivity index (χ0) is 25.5. The van der Waals surface area contributed by atoms with E-state index in [2.05, 4.69) is 33.7 Å². The molecule has 2 N–H and O–H groups in total. The van der Waals surface area contributed by atoms with Gasteiger partial charge in [0.05, 0.1) is 0 Å². The first-order chi connectivity index (χ1) is 17.8. The van der Waals surface area contributed by atoms with E-state index in [0.717, 1.165) is 62.7 Å². The maximum Gasteiger partial charge on any atom is 0.124 e. The molecule has 4 nitrogen and oxygen atoms in total. The van der Waals surface area contributed by atoms with E-state index in [-0.39, 0.29) is 11.5 Å². The lowest BCUT2D eigenvalue weighted by atomic mass is 10.1. The fourth-order valence-corrected chi connectivity index (χ4v) is 3.63. The largest absolute Gasteiger partial charge is 0.507 e. The Kier molecular flexibility index (Phi) is 15.8. The average Bonchev–Trinajstić information content (AvgIpc) is 2.89. The number of phenolic OH excluding ortho intramolecular Hbond substituents is 2. The molecule has 2 rings (SSSR count). The normalized spacial score (nSPS) is 10.8. The van der Waals surface area contributed by atoms with Crippen molar-refractivity contribution < 1.29 is 10.2 Å². The van der Waals surface area contributed by atoms with Crippen LogP contribution in [0.4, 0.5) is 0 Å². The molecule has 0 aliphatic carbocycles. The first-order valence-corrected chi connectivity index (χ1v) is 13.3. The van der Waals surface area contributed by atoms with Crippen LogP contribution in [0, 0.1) is 23.7 Å². The van der Waals surface area contributed by atoms with Crippen molar-refractivity contribution in [1.82, 2.24) is 0 Å². The quantitative estimate of drug-likeness (QED) is 0.149. The molecule has 0 bridgehead atoms. The minimum atomic E-state index is 0.281. The second kappa shape index (κ2) is 19.8. The van der Waals surface area contributed by atoms with Crippen LogP contribution >= 0.6 is 0 Å². The van der Waals surface area contributed by atoms with E-state index in [1.165, 1.54) is 38.5 Å². The summed E-state index contributed by atoms with van der Waals surface area (Å²) in [6.45, 7) is 1.61. The number of aliphatic imine (C=N–C) groups is 2. The lowest BCUT2D eigenvalue weighted by Gasteiger charge is -1.99. The van der Waals surface area contributed by atoms with E-state index in [4.69, 9.17) is 0 Å². The molecule has 0 aliphatic heterocycles. The van der Waals surface area contributed by atoms with Gasteiger partial charge in [-0.05, 0) is 61.8 Å². The van der Waals surface area contributed by atoms with Crippen LogP contribution in [-0.2, 0) is 0 Å². The SMILES string of the molecule is Oc1ccccc1C=NCCCCCCCC#CC#CCCCCCCCN=Cc1ccccc1O. The third-order valence-electron chi connectivity index (χ3n) is 5.75. The molecule has 0 spiro atoms. The molecule has 0 atom stereocenters. The molecule has 0 aromatic heterocycles. The molecule has 0 amide bonds. The molecule has 0 unspecified atom stereocenters. The van der Waals surface area contributed by atoms with Crippen LogP contribution in [0.3, 0.4) is 0 Å². The van der Waals surface area contributed by atoms with Gasteiger partial charge in [0.15, 0.2) is 0 Å². The van der Waals surface area contributed by atoms with Crippen LogP contribution in [0.2, 0.25) is 0 Å². The average molecular weight is 485 g/mol. The Balaban J connectivity index is 1.35. The number of rotatable bonds is 16. The summed E-state index contributed by atoms with van der Waals surface area (Å²) in [6.07, 6.45) is 17.0. The van der Waals surface area contributed by atoms with Gasteiger partial charge in [-0.2, -0.15) is 0 Å². The van der Waals surface area contributed by atoms with Crippen LogP contribution < -0.4 is 0 Å². The van der Waals surface area contributed by atoms with Gasteiger partial charge in [0, 0.05) is 49.5 Å². The van der Waals surface area contributed by atoms with Gasteiger partial charge in [0.1, 0.15) is 11.5 Å². The van der Waals surface area contributed by atoms with Crippen LogP contribution in [0.1, 0.15) is 88.2 Å². The summed E-state index contributed by atoms with van der Waals surface area (Å²) in [5.41, 5.74) is 1.55. The lowest BCUT2D eigenvalue weighted by molar-refractivity contribution is 0.474. The number of phenols is 2. The number of para-hydroxylation sites is 2. The summed E-state index contributed by atoms with van der Waals surface area (Å²) in [7, 11) is 0. The van der Waals surface area contributed by atoms with Crippen LogP contribution in [0.15, 0.2) is 58.5 Å². The second-order valence-corrected chi connectivity index (χ2v) is 8.83. The van der Waals surface area contributed by atoms with E-state index in [9.17, 15) is 10.2 Å². The number of hydrogen-bond acceptors (Lipinski definition) is 4. The summed E-state index contributed by atoms with van der Waals surface area (Å²) in [4.78, 5) is 8.79. The van der Waals surface area contributed by atoms with Crippen molar-refractivity contribution in [1.29, 1.82) is 0 Å². The highest BCUT2D eigenvalue weighted by molar-refractivity contribution is 5.83. The van der Waals surface area contributed by atoms with Crippen molar-refractivity contribution in [2.75, 3.05) is 13.1 Å². The molecule has 36 heavy (non-hydrogen) atoms. The first-order valence-electron chi connectivity index (χ1n) is 13.3. The Hall–Kier alpha value is -3.50. The van der Waals surface area contributed by atoms with Gasteiger partial charge in [0.25, 0.3) is 0 Å². The molecule has 0 saturated heterocycles. The van der Waals surface area contributed by atoms with E-state index in [0.29, 0.717) is 0 Å². The Labute approximate surface area is 217 Å². The van der Waals surface area contributed by atoms with Crippen molar-refractivity contribution >= 4 is 12.4 Å². The number of hydrogen-bond donors (Lipinski definition) is 2. The molecule has 0 aliphatic rings. The molecular weight excluding hydrogens is 444 g/mol. The van der Waals surface area contributed by atoms with Crippen molar-refractivity contribution in [2.45, 2.75) is 77.0 Å². The summed E-state index contributed by atoms with van der Waals surface area (Å²) in [6, 6.07) is 14.5. The second-order valence-electron chi connectivity index (χ2n) is 8.83. The predicted molar refractivity (Wildman–Crippen MR) is 152 cm³/mol. The van der Waals surface area contributed by atoms with Gasteiger partial charge >= 0.3 is 0 Å². The Morgan fingerprint density at radius 3 is 1.36 bits per heavy atom. The molecule has 0 radical (unpaired) electrons. The van der Waals surface area contributed by atoms with Gasteiger partial charge in [0.2, 0.25) is 0 Å². The van der Waals surface area contributed by atoms with Crippen molar-refractivity contribution in [2.24, 2.45) is 9.98 Å². The number of nitrogens with zero attached hydrogens (tertiary/aromatic N) is 2. The lowest BCUT2D eigenvalue weighted by Crippen LogP contribution is -1.86. The minimum absolute atomic E-state index is 0.281. The van der Waals surface area contributed by atoms with Crippen LogP contribution in [0.5, 0.6) is 11.5 Å². The Bertz CT molecular complexity index is 965. The fourth-order valence-electron chi connectivity index (χ4n) is 3.63. The van der Waals surface area contributed by atoms with Crippen molar-refractivity contribution in [3.8, 4) is 35.2 Å². The van der Waals surface area contributed by atoms with Gasteiger partial charge in [-0.3, -0.25) is 9.98 Å². The Morgan fingerprint density at radius 2 is 0.917 bits per heavy atom. The van der Waals surface area contributed by atoms with Gasteiger partial charge in [-0.1, -0.05) is 74.6 Å². The third kappa shape index (κ3) is 14.0. The maximum atomic E-state index is 9.69. The standard InChI is InChI=1S/C32H40N2O2/c35-31-23-17-15-21-29(31)27-33-25-19-13-11-9-7-5-3-1-2-4-6-8-10-12-14-20-26-34-28-30-22-16-18-24-32(30)36/h15-18,21-24,27-28,35-36H,5-14,19-20,25-26H2. The zero-order valence-electron chi connectivity index (χ0n) is 21.5. The Morgan fingerprint density at radius 1 is 0.528 bits per heavy atom. The minimum Gasteiger partial charge on any atom is -0.507 e. The van der Waals surface area contributed by atoms with Gasteiger partial charge < -0.3 is 10.2 Å². The van der Waals surface area contributed by atoms with Crippen LogP contribution in [0.25, 0.3) is 0 Å². The van der Waals surface area contributed by atoms with Crippen molar-refractivity contribution in [3.05, 3.63) is 59.7 Å². The summed E-state index contributed by atoms with van der Waals surface area (Å²) in [5, 5.41) is 19.4. The summed E-state index contributed by atoms with van der Waals surface area (Å²) < 4.78 is 0. The molecule has 2 aromatic rings. The molecule has 190 valence electrons. The number of unbranched alkanes of at least 4 members (excludes halogenated alkanes) is 10. The van der Waals surface area contributed by atoms with E-state index < -0.39 is 0 Å². The fraction of sp³-hybridized carbons (Fsp3) is 0.438. The highest BCUT2D eigenvalue weighted by atomic mass is 16.3. The topological polar surface area (TPSA) is 65.2 Å². The highest BCUT2D eigenvalue weighted by Crippen LogP contribution is 2.14. The van der Waals surface area contributed by atoms with Crippen LogP contribution in [-0.4, -0.2) is 35.7 Å². The summed E-state index contributed by atoms with van der Waals surface area (Å²) in [5.74, 6) is 12.9. The number of aromatic hydroxyl groups is 2. The van der Waals surface area contributed by atoms with Crippen molar-refractivity contribution in [3.63, 3.8) is 0 Å².